The summed E-state index contributed by atoms with van der Waals surface area (Å²) in [5, 5.41) is 7.44. The number of aromatic nitrogens is 1. The van der Waals surface area contributed by atoms with Crippen molar-refractivity contribution >= 4 is 0 Å². The predicted molar refractivity (Wildman–Crippen MR) is 75.0 cm³/mol. The molecule has 0 spiro atoms. The molecule has 0 bridgehead atoms. The second-order valence-electron chi connectivity index (χ2n) is 5.35. The van der Waals surface area contributed by atoms with Gasteiger partial charge in [-0.15, -0.1) is 0 Å². The van der Waals surface area contributed by atoms with Crippen LogP contribution in [-0.4, -0.2) is 18.2 Å². The molecule has 2 aromatic rings. The van der Waals surface area contributed by atoms with E-state index < -0.39 is 0 Å². The van der Waals surface area contributed by atoms with Gasteiger partial charge in [-0.05, 0) is 37.4 Å². The van der Waals surface area contributed by atoms with E-state index in [1.54, 1.807) is 0 Å². The molecule has 3 rings (SSSR count). The first kappa shape index (κ1) is 12.4. The number of benzene rings is 1. The van der Waals surface area contributed by atoms with Gasteiger partial charge in [-0.3, -0.25) is 0 Å². The number of rotatable bonds is 4. The summed E-state index contributed by atoms with van der Waals surface area (Å²) in [7, 11) is 0. The van der Waals surface area contributed by atoms with Crippen molar-refractivity contribution in [3.63, 3.8) is 0 Å². The van der Waals surface area contributed by atoms with Crippen molar-refractivity contribution < 1.29 is 4.52 Å². The van der Waals surface area contributed by atoms with Gasteiger partial charge in [-0.25, -0.2) is 0 Å². The maximum Gasteiger partial charge on any atom is 0.140 e. The van der Waals surface area contributed by atoms with Crippen molar-refractivity contribution in [1.82, 2.24) is 10.5 Å². The Morgan fingerprint density at radius 2 is 2.16 bits per heavy atom. The molecule has 1 aromatic heterocycles. The van der Waals surface area contributed by atoms with Crippen LogP contribution in [0.15, 0.2) is 41.1 Å². The Labute approximate surface area is 114 Å². The monoisotopic (exact) mass is 256 g/mol. The van der Waals surface area contributed by atoms with E-state index in [1.807, 2.05) is 12.3 Å². The average molecular weight is 256 g/mol. The highest BCUT2D eigenvalue weighted by Crippen LogP contribution is 2.21. The van der Waals surface area contributed by atoms with Crippen molar-refractivity contribution in [3.05, 3.63) is 53.4 Å². The lowest BCUT2D eigenvalue weighted by Gasteiger charge is -2.21. The summed E-state index contributed by atoms with van der Waals surface area (Å²) in [4.78, 5) is 0. The van der Waals surface area contributed by atoms with Crippen molar-refractivity contribution in [3.8, 4) is 0 Å². The molecular formula is C16H20N2O. The summed E-state index contributed by atoms with van der Waals surface area (Å²) >= 11 is 0. The topological polar surface area (TPSA) is 38.1 Å². The molecule has 1 fully saturated rings. The molecule has 1 unspecified atom stereocenters. The highest BCUT2D eigenvalue weighted by Gasteiger charge is 2.18. The van der Waals surface area contributed by atoms with Crippen molar-refractivity contribution in [1.29, 1.82) is 0 Å². The standard InChI is InChI=1S/C16H20N2O/c1-2-5-13(6-3-1)9-15-12-18-19-16(15)10-14-7-4-8-17-11-14/h1-3,5-6,12,14,17H,4,7-11H2. The van der Waals surface area contributed by atoms with E-state index in [0.717, 1.165) is 31.7 Å². The van der Waals surface area contributed by atoms with Crippen LogP contribution in [0.5, 0.6) is 0 Å². The number of nitrogens with zero attached hydrogens (tertiary/aromatic N) is 1. The summed E-state index contributed by atoms with van der Waals surface area (Å²) in [6.07, 6.45) is 6.36. The van der Waals surface area contributed by atoms with Gasteiger partial charge in [0, 0.05) is 18.4 Å². The van der Waals surface area contributed by atoms with Gasteiger partial charge in [0.25, 0.3) is 0 Å². The summed E-state index contributed by atoms with van der Waals surface area (Å²) in [5.41, 5.74) is 2.55. The van der Waals surface area contributed by atoms with E-state index in [9.17, 15) is 0 Å². The van der Waals surface area contributed by atoms with Gasteiger partial charge in [0.15, 0.2) is 0 Å². The Balaban J connectivity index is 1.68. The van der Waals surface area contributed by atoms with Crippen molar-refractivity contribution in [2.24, 2.45) is 5.92 Å². The lowest BCUT2D eigenvalue weighted by Crippen LogP contribution is -2.30. The highest BCUT2D eigenvalue weighted by molar-refractivity contribution is 5.26. The van der Waals surface area contributed by atoms with Gasteiger partial charge in [0.1, 0.15) is 5.76 Å². The Morgan fingerprint density at radius 3 is 2.95 bits per heavy atom. The number of hydrogen-bond donors (Lipinski definition) is 1. The Kier molecular flexibility index (Phi) is 3.94. The molecule has 0 amide bonds. The zero-order chi connectivity index (χ0) is 12.9. The van der Waals surface area contributed by atoms with Crippen molar-refractivity contribution in [2.75, 3.05) is 13.1 Å². The number of hydrogen-bond acceptors (Lipinski definition) is 3. The lowest BCUT2D eigenvalue weighted by atomic mass is 9.93. The smallest absolute Gasteiger partial charge is 0.140 e. The zero-order valence-corrected chi connectivity index (χ0v) is 11.1. The normalized spacial score (nSPS) is 19.5. The zero-order valence-electron chi connectivity index (χ0n) is 11.1. The van der Waals surface area contributed by atoms with Gasteiger partial charge in [-0.2, -0.15) is 0 Å². The van der Waals surface area contributed by atoms with Crippen LogP contribution >= 0.6 is 0 Å². The Morgan fingerprint density at radius 1 is 1.26 bits per heavy atom. The van der Waals surface area contributed by atoms with E-state index in [-0.39, 0.29) is 0 Å². The lowest BCUT2D eigenvalue weighted by molar-refractivity contribution is 0.320. The van der Waals surface area contributed by atoms with Crippen LogP contribution in [0.2, 0.25) is 0 Å². The summed E-state index contributed by atoms with van der Waals surface area (Å²) < 4.78 is 5.46. The van der Waals surface area contributed by atoms with E-state index in [4.69, 9.17) is 4.52 Å². The molecule has 0 saturated carbocycles. The first-order valence-electron chi connectivity index (χ1n) is 7.09. The van der Waals surface area contributed by atoms with Crippen LogP contribution in [0.1, 0.15) is 29.7 Å². The first-order valence-corrected chi connectivity index (χ1v) is 7.09. The second-order valence-corrected chi connectivity index (χ2v) is 5.35. The average Bonchev–Trinajstić information content (AvgIpc) is 2.88. The first-order chi connectivity index (χ1) is 9.42. The molecule has 1 N–H and O–H groups in total. The molecule has 1 aromatic carbocycles. The van der Waals surface area contributed by atoms with Gasteiger partial charge in [-0.1, -0.05) is 35.5 Å². The summed E-state index contributed by atoms with van der Waals surface area (Å²) in [5.74, 6) is 1.76. The summed E-state index contributed by atoms with van der Waals surface area (Å²) in [6.45, 7) is 2.26. The molecule has 100 valence electrons. The molecule has 1 atom stereocenters. The van der Waals surface area contributed by atoms with Gasteiger partial charge < -0.3 is 9.84 Å². The molecule has 3 heteroatoms. The van der Waals surface area contributed by atoms with Crippen LogP contribution in [-0.2, 0) is 12.8 Å². The summed E-state index contributed by atoms with van der Waals surface area (Å²) in [6, 6.07) is 10.5. The fourth-order valence-corrected chi connectivity index (χ4v) is 2.77. The fraction of sp³-hybridized carbons (Fsp3) is 0.438. The third-order valence-electron chi connectivity index (χ3n) is 3.84. The minimum atomic E-state index is 0.691. The third-order valence-corrected chi connectivity index (χ3v) is 3.84. The third kappa shape index (κ3) is 3.24. The molecule has 0 aliphatic carbocycles. The van der Waals surface area contributed by atoms with Crippen LogP contribution in [0.4, 0.5) is 0 Å². The van der Waals surface area contributed by atoms with Gasteiger partial charge >= 0.3 is 0 Å². The van der Waals surface area contributed by atoms with Crippen molar-refractivity contribution in [2.45, 2.75) is 25.7 Å². The fourth-order valence-electron chi connectivity index (χ4n) is 2.77. The molecule has 0 radical (unpaired) electrons. The predicted octanol–water partition coefficient (Wildman–Crippen LogP) is 2.81. The molecule has 1 aliphatic heterocycles. The van der Waals surface area contributed by atoms with Gasteiger partial charge in [0.05, 0.1) is 6.20 Å². The Bertz CT molecular complexity index is 500. The number of nitrogens with one attached hydrogen (secondary N) is 1. The SMILES string of the molecule is c1ccc(Cc2cnoc2CC2CCCNC2)cc1. The largest absolute Gasteiger partial charge is 0.361 e. The molecular weight excluding hydrogens is 236 g/mol. The molecule has 1 saturated heterocycles. The van der Waals surface area contributed by atoms with Crippen LogP contribution in [0.25, 0.3) is 0 Å². The van der Waals surface area contributed by atoms with E-state index in [0.29, 0.717) is 5.92 Å². The molecule has 2 heterocycles. The number of piperidine rings is 1. The highest BCUT2D eigenvalue weighted by atomic mass is 16.5. The second kappa shape index (κ2) is 6.02. The Hall–Kier alpha value is -1.61. The van der Waals surface area contributed by atoms with Crippen LogP contribution < -0.4 is 5.32 Å². The van der Waals surface area contributed by atoms with E-state index >= 15 is 0 Å². The van der Waals surface area contributed by atoms with Crippen LogP contribution in [0.3, 0.4) is 0 Å². The minimum absolute atomic E-state index is 0.691. The van der Waals surface area contributed by atoms with Crippen LogP contribution in [0, 0.1) is 5.92 Å². The molecule has 19 heavy (non-hydrogen) atoms. The van der Waals surface area contributed by atoms with E-state index in [2.05, 4.69) is 34.7 Å². The quantitative estimate of drug-likeness (QED) is 0.914. The maximum atomic E-state index is 5.46. The molecule has 3 nitrogen and oxygen atoms in total. The molecule has 1 aliphatic rings. The van der Waals surface area contributed by atoms with E-state index in [1.165, 1.54) is 24.0 Å². The minimum Gasteiger partial charge on any atom is -0.361 e. The maximum absolute atomic E-state index is 5.46. The van der Waals surface area contributed by atoms with Gasteiger partial charge in [0.2, 0.25) is 0 Å².